The van der Waals surface area contributed by atoms with Gasteiger partial charge in [0, 0.05) is 18.5 Å². The molecule has 0 radical (unpaired) electrons. The molecule has 3 rings (SSSR count). The molecule has 1 aromatic carbocycles. The van der Waals surface area contributed by atoms with Crippen LogP contribution in [0.15, 0.2) is 51.6 Å². The van der Waals surface area contributed by atoms with Crippen LogP contribution in [0.3, 0.4) is 0 Å². The maximum Gasteiger partial charge on any atom is 0.238 e. The fraction of sp³-hybridized carbons (Fsp3) is 0.278. The molecule has 130 valence electrons. The fourth-order valence-corrected chi connectivity index (χ4v) is 2.29. The summed E-state index contributed by atoms with van der Waals surface area (Å²) in [6.07, 6.45) is 3.06. The number of ether oxygens (including phenoxy) is 1. The SMILES string of the molecule is CCOc1ccc(NC(=O)CCCc2nc(-c3ccco3)no2)cc1. The molecule has 2 heterocycles. The van der Waals surface area contributed by atoms with Gasteiger partial charge in [0.2, 0.25) is 17.6 Å². The molecule has 1 amide bonds. The number of carbonyl (C=O) groups is 1. The second-order valence-electron chi connectivity index (χ2n) is 5.35. The average molecular weight is 341 g/mol. The Morgan fingerprint density at radius 3 is 2.80 bits per heavy atom. The number of carbonyl (C=O) groups excluding carboxylic acids is 1. The standard InChI is InChI=1S/C18H19N3O4/c1-2-23-14-10-8-13(9-11-14)19-16(22)6-3-7-17-20-18(21-25-17)15-5-4-12-24-15/h4-5,8-12H,2-3,6-7H2,1H3,(H,19,22). The van der Waals surface area contributed by atoms with Crippen molar-refractivity contribution in [2.75, 3.05) is 11.9 Å². The monoisotopic (exact) mass is 341 g/mol. The van der Waals surface area contributed by atoms with Crippen LogP contribution >= 0.6 is 0 Å². The van der Waals surface area contributed by atoms with Crippen LogP contribution in [0.5, 0.6) is 5.75 Å². The summed E-state index contributed by atoms with van der Waals surface area (Å²) in [5.74, 6) is 2.18. The summed E-state index contributed by atoms with van der Waals surface area (Å²) < 4.78 is 15.7. The van der Waals surface area contributed by atoms with Crippen molar-refractivity contribution in [2.24, 2.45) is 0 Å². The summed E-state index contributed by atoms with van der Waals surface area (Å²) in [7, 11) is 0. The number of amides is 1. The molecule has 7 heteroatoms. The molecule has 3 aromatic rings. The molecule has 0 aliphatic rings. The van der Waals surface area contributed by atoms with Crippen molar-refractivity contribution in [3.05, 3.63) is 48.6 Å². The van der Waals surface area contributed by atoms with Gasteiger partial charge in [0.15, 0.2) is 5.76 Å². The minimum atomic E-state index is -0.0602. The zero-order chi connectivity index (χ0) is 17.5. The van der Waals surface area contributed by atoms with Crippen molar-refractivity contribution in [1.29, 1.82) is 0 Å². The van der Waals surface area contributed by atoms with Gasteiger partial charge in [0.05, 0.1) is 12.9 Å². The van der Waals surface area contributed by atoms with Gasteiger partial charge in [-0.15, -0.1) is 0 Å². The molecule has 0 fully saturated rings. The Labute approximate surface area is 145 Å². The highest BCUT2D eigenvalue weighted by atomic mass is 16.5. The van der Waals surface area contributed by atoms with Gasteiger partial charge in [0.1, 0.15) is 5.75 Å². The molecule has 0 saturated carbocycles. The third-order valence-electron chi connectivity index (χ3n) is 3.45. The normalized spacial score (nSPS) is 10.6. The van der Waals surface area contributed by atoms with Gasteiger partial charge in [0.25, 0.3) is 0 Å². The number of benzene rings is 1. The van der Waals surface area contributed by atoms with Crippen LogP contribution in [0.4, 0.5) is 5.69 Å². The van der Waals surface area contributed by atoms with Gasteiger partial charge in [-0.05, 0) is 49.7 Å². The third-order valence-corrected chi connectivity index (χ3v) is 3.45. The van der Waals surface area contributed by atoms with E-state index in [1.165, 1.54) is 0 Å². The molecule has 0 bridgehead atoms. The number of nitrogens with one attached hydrogen (secondary N) is 1. The van der Waals surface area contributed by atoms with Crippen molar-refractivity contribution in [3.8, 4) is 17.3 Å². The number of aryl methyl sites for hydroxylation is 1. The van der Waals surface area contributed by atoms with Crippen molar-refractivity contribution >= 4 is 11.6 Å². The van der Waals surface area contributed by atoms with Gasteiger partial charge in [-0.2, -0.15) is 4.98 Å². The predicted molar refractivity (Wildman–Crippen MR) is 91.2 cm³/mol. The van der Waals surface area contributed by atoms with Crippen LogP contribution in [-0.4, -0.2) is 22.7 Å². The Kier molecular flexibility index (Phi) is 5.46. The molecule has 1 N–H and O–H groups in total. The molecule has 25 heavy (non-hydrogen) atoms. The zero-order valence-corrected chi connectivity index (χ0v) is 13.9. The summed E-state index contributed by atoms with van der Waals surface area (Å²) in [6.45, 7) is 2.54. The Balaban J connectivity index is 1.43. The van der Waals surface area contributed by atoms with E-state index in [0.29, 0.717) is 43.3 Å². The highest BCUT2D eigenvalue weighted by Crippen LogP contribution is 2.17. The second-order valence-corrected chi connectivity index (χ2v) is 5.35. The first-order valence-corrected chi connectivity index (χ1v) is 8.14. The van der Waals surface area contributed by atoms with Crippen LogP contribution in [0.1, 0.15) is 25.7 Å². The number of aromatic nitrogens is 2. The fourth-order valence-electron chi connectivity index (χ4n) is 2.29. The summed E-state index contributed by atoms with van der Waals surface area (Å²) in [5, 5.41) is 6.70. The number of nitrogens with zero attached hydrogens (tertiary/aromatic N) is 2. The molecule has 0 unspecified atom stereocenters. The lowest BCUT2D eigenvalue weighted by atomic mass is 10.2. The Morgan fingerprint density at radius 1 is 1.24 bits per heavy atom. The molecule has 0 atom stereocenters. The van der Waals surface area contributed by atoms with E-state index in [1.54, 1.807) is 18.4 Å². The highest BCUT2D eigenvalue weighted by Gasteiger charge is 2.11. The lowest BCUT2D eigenvalue weighted by Crippen LogP contribution is -2.11. The predicted octanol–water partition coefficient (Wildman–Crippen LogP) is 3.69. The van der Waals surface area contributed by atoms with Crippen LogP contribution in [0.25, 0.3) is 11.6 Å². The molecular weight excluding hydrogens is 322 g/mol. The zero-order valence-electron chi connectivity index (χ0n) is 13.9. The van der Waals surface area contributed by atoms with Gasteiger partial charge in [-0.25, -0.2) is 0 Å². The maximum atomic E-state index is 12.0. The van der Waals surface area contributed by atoms with Crippen molar-refractivity contribution in [1.82, 2.24) is 10.1 Å². The van der Waals surface area contributed by atoms with E-state index < -0.39 is 0 Å². The number of hydrogen-bond acceptors (Lipinski definition) is 6. The van der Waals surface area contributed by atoms with Crippen LogP contribution < -0.4 is 10.1 Å². The number of furan rings is 1. The van der Waals surface area contributed by atoms with Crippen molar-refractivity contribution in [2.45, 2.75) is 26.2 Å². The first-order chi connectivity index (χ1) is 12.2. The van der Waals surface area contributed by atoms with E-state index in [1.807, 2.05) is 31.2 Å². The molecule has 0 aliphatic carbocycles. The minimum Gasteiger partial charge on any atom is -0.494 e. The molecule has 0 saturated heterocycles. The summed E-state index contributed by atoms with van der Waals surface area (Å²) in [4.78, 5) is 16.2. The number of rotatable bonds is 8. The molecule has 2 aromatic heterocycles. The minimum absolute atomic E-state index is 0.0602. The number of anilines is 1. The maximum absolute atomic E-state index is 12.0. The summed E-state index contributed by atoms with van der Waals surface area (Å²) in [6, 6.07) is 10.8. The first kappa shape index (κ1) is 16.8. The quantitative estimate of drug-likeness (QED) is 0.672. The lowest BCUT2D eigenvalue weighted by molar-refractivity contribution is -0.116. The van der Waals surface area contributed by atoms with Gasteiger partial charge in [-0.3, -0.25) is 4.79 Å². The highest BCUT2D eigenvalue weighted by molar-refractivity contribution is 5.90. The molecule has 0 aliphatic heterocycles. The molecular formula is C18H19N3O4. The van der Waals surface area contributed by atoms with E-state index in [4.69, 9.17) is 13.7 Å². The second kappa shape index (κ2) is 8.14. The largest absolute Gasteiger partial charge is 0.494 e. The first-order valence-electron chi connectivity index (χ1n) is 8.14. The third kappa shape index (κ3) is 4.69. The van der Waals surface area contributed by atoms with Crippen LogP contribution in [0.2, 0.25) is 0 Å². The van der Waals surface area contributed by atoms with Crippen LogP contribution in [-0.2, 0) is 11.2 Å². The van der Waals surface area contributed by atoms with Gasteiger partial charge >= 0.3 is 0 Å². The van der Waals surface area contributed by atoms with E-state index in [2.05, 4.69) is 15.5 Å². The van der Waals surface area contributed by atoms with Gasteiger partial charge in [-0.1, -0.05) is 5.16 Å². The van der Waals surface area contributed by atoms with Crippen LogP contribution in [0, 0.1) is 0 Å². The van der Waals surface area contributed by atoms with E-state index in [0.717, 1.165) is 11.4 Å². The smallest absolute Gasteiger partial charge is 0.238 e. The average Bonchev–Trinajstić information content (AvgIpc) is 3.28. The molecule has 0 spiro atoms. The Bertz CT molecular complexity index is 794. The lowest BCUT2D eigenvalue weighted by Gasteiger charge is -2.06. The molecule has 7 nitrogen and oxygen atoms in total. The summed E-state index contributed by atoms with van der Waals surface area (Å²) in [5.41, 5.74) is 0.742. The van der Waals surface area contributed by atoms with Crippen molar-refractivity contribution < 1.29 is 18.5 Å². The number of hydrogen-bond donors (Lipinski definition) is 1. The van der Waals surface area contributed by atoms with E-state index in [-0.39, 0.29) is 5.91 Å². The van der Waals surface area contributed by atoms with E-state index >= 15 is 0 Å². The Morgan fingerprint density at radius 2 is 2.08 bits per heavy atom. The van der Waals surface area contributed by atoms with E-state index in [9.17, 15) is 4.79 Å². The van der Waals surface area contributed by atoms with Crippen molar-refractivity contribution in [3.63, 3.8) is 0 Å². The Hall–Kier alpha value is -3.09. The summed E-state index contributed by atoms with van der Waals surface area (Å²) >= 11 is 0. The van der Waals surface area contributed by atoms with Gasteiger partial charge < -0.3 is 19.0 Å². The topological polar surface area (TPSA) is 90.4 Å².